The summed E-state index contributed by atoms with van der Waals surface area (Å²) in [5.74, 6) is -4.16. The van der Waals surface area contributed by atoms with Crippen LogP contribution < -0.4 is 10.1 Å². The van der Waals surface area contributed by atoms with Gasteiger partial charge in [0.1, 0.15) is 5.75 Å². The van der Waals surface area contributed by atoms with E-state index in [0.717, 1.165) is 30.6 Å². The zero-order valence-corrected chi connectivity index (χ0v) is 35.3. The summed E-state index contributed by atoms with van der Waals surface area (Å²) in [5, 5.41) is 2.56. The minimum absolute atomic E-state index is 0.00694. The second-order valence-electron chi connectivity index (χ2n) is 8.91. The average molecular weight is 1100 g/mol. The maximum atomic E-state index is 12.9. The number of nitrogens with one attached hydrogen (secondary N) is 1. The summed E-state index contributed by atoms with van der Waals surface area (Å²) in [6, 6.07) is 3.76. The number of methoxy groups -OCH3 is 1. The number of rotatable bonds is 4. The van der Waals surface area contributed by atoms with Crippen molar-refractivity contribution < 1.29 is 31.8 Å². The zero-order valence-electron chi connectivity index (χ0n) is 24.2. The van der Waals surface area contributed by atoms with Crippen LogP contribution in [0, 0.1) is 6.92 Å². The topological polar surface area (TPSA) is 50.3 Å². The molecule has 2 aliphatic rings. The van der Waals surface area contributed by atoms with Crippen molar-refractivity contribution in [2.24, 2.45) is 0 Å². The van der Waals surface area contributed by atoms with Crippen molar-refractivity contribution in [3.05, 3.63) is 58.4 Å². The first-order chi connectivity index (χ1) is 19.7. The normalized spacial score (nSPS) is 16.6. The second-order valence-corrected chi connectivity index (χ2v) is 24.7. The van der Waals surface area contributed by atoms with Crippen LogP contribution in [0.1, 0.15) is 52.0 Å². The average Bonchev–Trinajstić information content (AvgIpc) is 3.48. The van der Waals surface area contributed by atoms with Crippen molar-refractivity contribution >= 4 is 94.4 Å². The first kappa shape index (κ1) is 45.6. The molecule has 0 aliphatic carbocycles. The summed E-state index contributed by atoms with van der Waals surface area (Å²) in [5.41, 5.74) is 0.960. The molecule has 0 aromatic carbocycles. The molecule has 2 aromatic rings. The molecule has 0 saturated carbocycles. The molecule has 4 heterocycles. The van der Waals surface area contributed by atoms with Gasteiger partial charge in [-0.2, -0.15) is 6.42 Å². The van der Waals surface area contributed by atoms with E-state index in [4.69, 9.17) is 4.74 Å². The van der Waals surface area contributed by atoms with Crippen molar-refractivity contribution in [3.63, 3.8) is 0 Å². The Kier molecular flexibility index (Phi) is 29.9. The molecule has 2 aromatic heterocycles. The number of alkyl halides is 5. The van der Waals surface area contributed by atoms with Crippen LogP contribution in [-0.2, 0) is 16.0 Å². The van der Waals surface area contributed by atoms with Crippen molar-refractivity contribution in [3.8, 4) is 5.75 Å². The van der Waals surface area contributed by atoms with Crippen LogP contribution in [0.4, 0.5) is 17.6 Å². The third kappa shape index (κ3) is 27.8. The molecule has 0 bridgehead atoms. The van der Waals surface area contributed by atoms with Gasteiger partial charge in [-0.15, -0.1) is 0 Å². The number of ether oxygens (including phenoxy) is 1. The van der Waals surface area contributed by atoms with Crippen molar-refractivity contribution in [2.45, 2.75) is 68.8 Å². The van der Waals surface area contributed by atoms with Gasteiger partial charge < -0.3 is 17.0 Å². The van der Waals surface area contributed by atoms with Gasteiger partial charge >= 0.3 is 49.4 Å². The van der Waals surface area contributed by atoms with Crippen LogP contribution in [0.25, 0.3) is 0 Å². The van der Waals surface area contributed by atoms with E-state index in [-0.39, 0.29) is 25.9 Å². The summed E-state index contributed by atoms with van der Waals surface area (Å²) < 4.78 is 57.2. The van der Waals surface area contributed by atoms with Gasteiger partial charge in [0.25, 0.3) is 11.8 Å². The van der Waals surface area contributed by atoms with Gasteiger partial charge in [0.05, 0.1) is 26.4 Å². The number of aromatic nitrogens is 2. The summed E-state index contributed by atoms with van der Waals surface area (Å²) in [7, 11) is 2.24. The number of hydrogen-bond acceptors (Lipinski definition) is 5. The van der Waals surface area contributed by atoms with Crippen LogP contribution in [0.2, 0.25) is 0 Å². The molecule has 15 heteroatoms. The quantitative estimate of drug-likeness (QED) is 0.143. The Morgan fingerprint density at radius 2 is 1.57 bits per heavy atom. The zero-order chi connectivity index (χ0) is 32.6. The van der Waals surface area contributed by atoms with Gasteiger partial charge in [0.15, 0.2) is 0 Å². The van der Waals surface area contributed by atoms with E-state index < -0.39 is 11.8 Å². The molecular weight excluding hydrogens is 1060 g/mol. The van der Waals surface area contributed by atoms with Gasteiger partial charge in [0.2, 0.25) is 0 Å². The Morgan fingerprint density at radius 3 is 1.88 bits per heavy atom. The Bertz CT molecular complexity index is 934. The molecule has 0 amide bonds. The molecule has 243 valence electrons. The van der Waals surface area contributed by atoms with E-state index >= 15 is 0 Å². The second kappa shape index (κ2) is 27.6. The fourth-order valence-electron chi connectivity index (χ4n) is 2.88. The van der Waals surface area contributed by atoms with Crippen molar-refractivity contribution in [1.29, 1.82) is 0 Å². The molecule has 1 atom stereocenters. The summed E-state index contributed by atoms with van der Waals surface area (Å²) >= 11 is 13.7. The van der Waals surface area contributed by atoms with Crippen LogP contribution >= 0.6 is 94.4 Å². The molecule has 42 heavy (non-hydrogen) atoms. The minimum atomic E-state index is -2.51. The van der Waals surface area contributed by atoms with Gasteiger partial charge in [-0.3, -0.25) is 14.9 Å². The Labute approximate surface area is 308 Å². The molecule has 0 spiro atoms. The number of nitrogens with zero attached hydrogens (tertiary/aromatic N) is 3. The van der Waals surface area contributed by atoms with E-state index in [0.29, 0.717) is 29.1 Å². The summed E-state index contributed by atoms with van der Waals surface area (Å²) in [6.45, 7) is 11.1. The van der Waals surface area contributed by atoms with Gasteiger partial charge in [-0.25, -0.2) is 17.6 Å². The fourth-order valence-corrected chi connectivity index (χ4v) is 3.63. The molecule has 5 nitrogen and oxygen atoms in total. The molecule has 1 N–H and O–H groups in total. The fraction of sp³-hybridized carbons (Fsp3) is 0.593. The van der Waals surface area contributed by atoms with Crippen LogP contribution in [0.15, 0.2) is 45.9 Å². The number of halogens is 9. The van der Waals surface area contributed by atoms with Crippen LogP contribution in [-0.4, -0.2) is 63.9 Å². The number of likely N-dealkylation sites (tertiary alicyclic amines) is 1. The van der Waals surface area contributed by atoms with Crippen LogP contribution in [0.3, 0.4) is 0 Å². The third-order valence-electron chi connectivity index (χ3n) is 4.95. The summed E-state index contributed by atoms with van der Waals surface area (Å²) in [4.78, 5) is 9.64. The Morgan fingerprint density at radius 1 is 1.05 bits per heavy atom. The van der Waals surface area contributed by atoms with E-state index in [1.54, 1.807) is 36.8 Å². The molecule has 2 saturated heterocycles. The van der Waals surface area contributed by atoms with Gasteiger partial charge in [0, 0.05) is 63.9 Å². The van der Waals surface area contributed by atoms with E-state index in [9.17, 15) is 17.6 Å². The molecule has 2 aliphatic heterocycles. The van der Waals surface area contributed by atoms with Gasteiger partial charge in [-0.1, -0.05) is 43.4 Å². The molecule has 1 unspecified atom stereocenters. The first-order valence-corrected chi connectivity index (χ1v) is 24.8. The molecule has 0 radical (unpaired) electrons. The predicted octanol–water partition coefficient (Wildman–Crippen LogP) is 10.4. The van der Waals surface area contributed by atoms with Crippen molar-refractivity contribution in [1.82, 2.24) is 20.2 Å². The van der Waals surface area contributed by atoms with Crippen LogP contribution in [0.5, 0.6) is 5.75 Å². The van der Waals surface area contributed by atoms with E-state index in [1.165, 1.54) is 6.42 Å². The standard InChI is InChI=1S/C10H11BrF2N2.C6H6BrNO.C4H7F2N.C4H9I.C3H7.2HI.V/c11-9-3-8(4-14-5-9)6-15-2-1-10(12,13)7-15;1-9-6-2-5(7)3-8-4-6;5-4(6)1-2-7-3-4;1-3-4(2)5;1-3-2;;;/h3-5H,1-2,6-7H2;2-4H,1H3;7H,1-3H2;4H,3H2,1-2H3;1,3H2,2H3;2*1H;/q;;;;-1;;;+2/p-2. The Balaban J connectivity index is 0. The third-order valence-corrected chi connectivity index (χ3v) is 6.69. The molecular formula is C27H40Br2F4I3N4OV-. The number of hydrogen-bond donors (Lipinski definition) is 1. The van der Waals surface area contributed by atoms with E-state index in [2.05, 4.69) is 130 Å². The van der Waals surface area contributed by atoms with E-state index in [1.807, 2.05) is 19.1 Å². The SMILES string of the molecule is CCC(C)I.COc1cncc(Br)c1.FC1(F)CCN(Cc2cncc(Br)c2)C1.FC1(F)CCNC1.[CH2-]CC.[I][V][I]. The Hall–Kier alpha value is 1.47. The number of pyridine rings is 2. The predicted molar refractivity (Wildman–Crippen MR) is 195 cm³/mol. The van der Waals surface area contributed by atoms with Crippen molar-refractivity contribution in [2.75, 3.05) is 33.3 Å². The monoisotopic (exact) mass is 1100 g/mol. The molecule has 2 fully saturated rings. The summed E-state index contributed by atoms with van der Waals surface area (Å²) in [6.07, 6.45) is 9.03. The van der Waals surface area contributed by atoms with Gasteiger partial charge in [-0.05, 0) is 56.0 Å². The maximum absolute atomic E-state index is 12.9. The molecule has 4 rings (SSSR count). The first-order valence-electron chi connectivity index (χ1n) is 13.0.